The number of thiazole rings is 1. The smallest absolute Gasteiger partial charge is 0.191 e. The summed E-state index contributed by atoms with van der Waals surface area (Å²) in [6.07, 6.45) is 2.04. The first-order valence-electron chi connectivity index (χ1n) is 8.39. The number of aryl methyl sites for hydroxylation is 2. The standard InChI is InChI=1S/C18H26N4S2.HI/c1-3-19-18(20-11-7-10-17-22-15(2)14-24-17)21-12-13-23-16-8-5-4-6-9-16;/h4-6,8-9,14H,3,7,10-13H2,1-2H3,(H2,19,20,21);1H. The predicted molar refractivity (Wildman–Crippen MR) is 122 cm³/mol. The summed E-state index contributed by atoms with van der Waals surface area (Å²) < 4.78 is 0. The molecule has 1 aromatic carbocycles. The third-order valence-corrected chi connectivity index (χ3v) is 5.28. The number of aromatic nitrogens is 1. The molecule has 0 radical (unpaired) electrons. The second-order valence-corrected chi connectivity index (χ2v) is 7.45. The van der Waals surface area contributed by atoms with E-state index in [4.69, 9.17) is 0 Å². The second kappa shape index (κ2) is 13.4. The zero-order valence-corrected chi connectivity index (χ0v) is 18.8. The van der Waals surface area contributed by atoms with Gasteiger partial charge in [0.25, 0.3) is 0 Å². The molecule has 0 saturated heterocycles. The fourth-order valence-electron chi connectivity index (χ4n) is 2.14. The van der Waals surface area contributed by atoms with Crippen LogP contribution in [-0.4, -0.2) is 36.3 Å². The lowest BCUT2D eigenvalue weighted by Crippen LogP contribution is -2.38. The first-order chi connectivity index (χ1) is 11.8. The zero-order valence-electron chi connectivity index (χ0n) is 14.8. The summed E-state index contributed by atoms with van der Waals surface area (Å²) in [5, 5.41) is 10.0. The van der Waals surface area contributed by atoms with Crippen molar-refractivity contribution in [2.45, 2.75) is 31.6 Å². The van der Waals surface area contributed by atoms with Gasteiger partial charge in [-0.3, -0.25) is 4.99 Å². The van der Waals surface area contributed by atoms with Crippen molar-refractivity contribution in [1.82, 2.24) is 15.6 Å². The summed E-state index contributed by atoms with van der Waals surface area (Å²) in [6, 6.07) is 10.5. The second-order valence-electron chi connectivity index (χ2n) is 5.34. The highest BCUT2D eigenvalue weighted by Gasteiger charge is 2.00. The van der Waals surface area contributed by atoms with Crippen LogP contribution in [-0.2, 0) is 6.42 Å². The molecule has 0 amide bonds. The SMILES string of the molecule is CCNC(=NCCCc1nc(C)cs1)NCCSc1ccccc1.I. The summed E-state index contributed by atoms with van der Waals surface area (Å²) in [5.41, 5.74) is 1.12. The lowest BCUT2D eigenvalue weighted by molar-refractivity contribution is 0.792. The van der Waals surface area contributed by atoms with E-state index in [0.717, 1.165) is 49.9 Å². The van der Waals surface area contributed by atoms with Gasteiger partial charge in [-0.1, -0.05) is 18.2 Å². The van der Waals surface area contributed by atoms with E-state index >= 15 is 0 Å². The monoisotopic (exact) mass is 490 g/mol. The van der Waals surface area contributed by atoms with Gasteiger partial charge in [-0.05, 0) is 32.4 Å². The van der Waals surface area contributed by atoms with Crippen LogP contribution in [0.4, 0.5) is 0 Å². The van der Waals surface area contributed by atoms with Crippen molar-refractivity contribution in [3.05, 3.63) is 46.4 Å². The predicted octanol–water partition coefficient (Wildman–Crippen LogP) is 4.35. The minimum Gasteiger partial charge on any atom is -0.357 e. The number of thioether (sulfide) groups is 1. The van der Waals surface area contributed by atoms with Gasteiger partial charge in [0.2, 0.25) is 0 Å². The summed E-state index contributed by atoms with van der Waals surface area (Å²) in [6.45, 7) is 6.73. The quantitative estimate of drug-likeness (QED) is 0.181. The first kappa shape index (κ1) is 22.2. The van der Waals surface area contributed by atoms with E-state index in [0.29, 0.717) is 0 Å². The van der Waals surface area contributed by atoms with E-state index in [1.54, 1.807) is 11.3 Å². The molecule has 0 bridgehead atoms. The van der Waals surface area contributed by atoms with Crippen LogP contribution in [0.15, 0.2) is 45.6 Å². The molecule has 0 aliphatic rings. The van der Waals surface area contributed by atoms with Gasteiger partial charge >= 0.3 is 0 Å². The highest BCUT2D eigenvalue weighted by atomic mass is 127. The average Bonchev–Trinajstić information content (AvgIpc) is 3.01. The highest BCUT2D eigenvalue weighted by molar-refractivity contribution is 14.0. The molecular formula is C18H27IN4S2. The molecule has 25 heavy (non-hydrogen) atoms. The molecule has 1 heterocycles. The Hall–Kier alpha value is -0.800. The largest absolute Gasteiger partial charge is 0.357 e. The van der Waals surface area contributed by atoms with Crippen molar-refractivity contribution in [3.63, 3.8) is 0 Å². The molecule has 0 atom stereocenters. The summed E-state index contributed by atoms with van der Waals surface area (Å²) in [5.74, 6) is 1.92. The number of hydrogen-bond acceptors (Lipinski definition) is 4. The van der Waals surface area contributed by atoms with Crippen LogP contribution in [0.3, 0.4) is 0 Å². The molecular weight excluding hydrogens is 463 g/mol. The van der Waals surface area contributed by atoms with Gasteiger partial charge in [-0.25, -0.2) is 4.98 Å². The Labute approximate surface area is 176 Å². The van der Waals surface area contributed by atoms with Crippen LogP contribution >= 0.6 is 47.1 Å². The van der Waals surface area contributed by atoms with Gasteiger partial charge in [0, 0.05) is 47.8 Å². The molecule has 0 aliphatic heterocycles. The van der Waals surface area contributed by atoms with Gasteiger partial charge in [-0.2, -0.15) is 0 Å². The number of benzene rings is 1. The molecule has 1 aromatic heterocycles. The summed E-state index contributed by atoms with van der Waals surface area (Å²) in [7, 11) is 0. The molecule has 4 nitrogen and oxygen atoms in total. The van der Waals surface area contributed by atoms with Crippen molar-refractivity contribution in [1.29, 1.82) is 0 Å². The number of rotatable bonds is 9. The van der Waals surface area contributed by atoms with Crippen LogP contribution in [0.25, 0.3) is 0 Å². The van der Waals surface area contributed by atoms with Crippen LogP contribution in [0.1, 0.15) is 24.0 Å². The Balaban J connectivity index is 0.00000312. The molecule has 2 N–H and O–H groups in total. The Morgan fingerprint density at radius 3 is 2.72 bits per heavy atom. The number of guanidine groups is 1. The maximum absolute atomic E-state index is 4.64. The molecule has 0 unspecified atom stereocenters. The van der Waals surface area contributed by atoms with Crippen molar-refractivity contribution in [2.75, 3.05) is 25.4 Å². The van der Waals surface area contributed by atoms with Crippen molar-refractivity contribution < 1.29 is 0 Å². The Bertz CT molecular complexity index is 617. The first-order valence-corrected chi connectivity index (χ1v) is 10.3. The van der Waals surface area contributed by atoms with E-state index < -0.39 is 0 Å². The fraction of sp³-hybridized carbons (Fsp3) is 0.444. The van der Waals surface area contributed by atoms with Gasteiger partial charge in [0.05, 0.1) is 5.01 Å². The van der Waals surface area contributed by atoms with Crippen molar-refractivity contribution in [2.24, 2.45) is 4.99 Å². The number of halogens is 1. The number of aliphatic imine (C=N–C) groups is 1. The van der Waals surface area contributed by atoms with E-state index in [1.165, 1.54) is 9.90 Å². The van der Waals surface area contributed by atoms with Gasteiger partial charge in [0.15, 0.2) is 5.96 Å². The van der Waals surface area contributed by atoms with Crippen LogP contribution in [0, 0.1) is 6.92 Å². The average molecular weight is 490 g/mol. The van der Waals surface area contributed by atoms with Crippen molar-refractivity contribution in [3.8, 4) is 0 Å². The van der Waals surface area contributed by atoms with Gasteiger partial charge < -0.3 is 10.6 Å². The fourth-order valence-corrected chi connectivity index (χ4v) is 3.74. The third-order valence-electron chi connectivity index (χ3n) is 3.24. The normalized spacial score (nSPS) is 11.0. The Kier molecular flexibility index (Phi) is 11.9. The van der Waals surface area contributed by atoms with Crippen LogP contribution < -0.4 is 10.6 Å². The van der Waals surface area contributed by atoms with E-state index in [-0.39, 0.29) is 24.0 Å². The Morgan fingerprint density at radius 1 is 1.24 bits per heavy atom. The van der Waals surface area contributed by atoms with Gasteiger partial charge in [-0.15, -0.1) is 47.1 Å². The molecule has 138 valence electrons. The number of hydrogen-bond donors (Lipinski definition) is 2. The molecule has 0 spiro atoms. The van der Waals surface area contributed by atoms with E-state index in [2.05, 4.69) is 57.2 Å². The topological polar surface area (TPSA) is 49.3 Å². The van der Waals surface area contributed by atoms with Crippen LogP contribution in [0.5, 0.6) is 0 Å². The molecule has 2 aromatic rings. The summed E-state index contributed by atoms with van der Waals surface area (Å²) in [4.78, 5) is 10.4. The van der Waals surface area contributed by atoms with Crippen molar-refractivity contribution >= 4 is 53.0 Å². The molecule has 2 rings (SSSR count). The number of nitrogens with one attached hydrogen (secondary N) is 2. The maximum Gasteiger partial charge on any atom is 0.191 e. The Morgan fingerprint density at radius 2 is 2.04 bits per heavy atom. The molecule has 0 fully saturated rings. The minimum absolute atomic E-state index is 0. The van der Waals surface area contributed by atoms with Gasteiger partial charge in [0.1, 0.15) is 0 Å². The van der Waals surface area contributed by atoms with E-state index in [9.17, 15) is 0 Å². The number of nitrogens with zero attached hydrogens (tertiary/aromatic N) is 2. The van der Waals surface area contributed by atoms with Crippen LogP contribution in [0.2, 0.25) is 0 Å². The van der Waals surface area contributed by atoms with E-state index in [1.807, 2.05) is 24.8 Å². The molecule has 7 heteroatoms. The zero-order chi connectivity index (χ0) is 17.0. The molecule has 0 aliphatic carbocycles. The third kappa shape index (κ3) is 9.46. The highest BCUT2D eigenvalue weighted by Crippen LogP contribution is 2.15. The lowest BCUT2D eigenvalue weighted by Gasteiger charge is -2.11. The minimum atomic E-state index is 0. The molecule has 0 saturated carbocycles. The summed E-state index contributed by atoms with van der Waals surface area (Å²) >= 11 is 3.60. The lowest BCUT2D eigenvalue weighted by atomic mass is 10.3. The maximum atomic E-state index is 4.64.